The zero-order valence-electron chi connectivity index (χ0n) is 21.1. The molecule has 2 aromatic rings. The van der Waals surface area contributed by atoms with Gasteiger partial charge in [-0.05, 0) is 62.8 Å². The maximum absolute atomic E-state index is 13.9. The first-order valence-corrected chi connectivity index (χ1v) is 12.3. The Hall–Kier alpha value is -3.56. The number of halogens is 2. The number of aliphatic carboxylic acids is 1. The van der Waals surface area contributed by atoms with Crippen molar-refractivity contribution in [1.29, 1.82) is 0 Å². The number of benzene rings is 1. The third kappa shape index (κ3) is 5.28. The van der Waals surface area contributed by atoms with E-state index in [9.17, 15) is 28.3 Å². The highest BCUT2D eigenvalue weighted by molar-refractivity contribution is 6.03. The number of pyridine rings is 1. The number of ether oxygens (including phenoxy) is 1. The van der Waals surface area contributed by atoms with Crippen LogP contribution in [0, 0.1) is 12.3 Å². The third-order valence-corrected chi connectivity index (χ3v) is 7.35. The Morgan fingerprint density at radius 3 is 2.46 bits per heavy atom. The van der Waals surface area contributed by atoms with E-state index in [0.717, 1.165) is 30.4 Å². The Bertz CT molecular complexity index is 1210. The summed E-state index contributed by atoms with van der Waals surface area (Å²) in [5.41, 5.74) is -0.116. The van der Waals surface area contributed by atoms with Crippen molar-refractivity contribution >= 4 is 23.5 Å². The largest absolute Gasteiger partial charge is 0.481 e. The second-order valence-corrected chi connectivity index (χ2v) is 10.6. The number of aryl methyl sites for hydroxylation is 1. The molecule has 1 aromatic carbocycles. The number of hydrogen-bond acceptors (Lipinski definition) is 5. The number of carbonyl (C=O) groups excluding carboxylic acids is 2. The average molecular weight is 516 g/mol. The van der Waals surface area contributed by atoms with Gasteiger partial charge in [0.1, 0.15) is 11.1 Å². The van der Waals surface area contributed by atoms with E-state index in [2.05, 4.69) is 15.0 Å². The molecule has 0 unspecified atom stereocenters. The van der Waals surface area contributed by atoms with Crippen LogP contribution in [-0.4, -0.2) is 52.5 Å². The number of carboxylic acid groups (broad SMARTS) is 1. The van der Waals surface area contributed by atoms with Crippen molar-refractivity contribution in [2.75, 3.05) is 18.4 Å². The molecule has 198 valence electrons. The van der Waals surface area contributed by atoms with E-state index >= 15 is 0 Å². The standard InChI is InChI=1S/C27H31F2N3O5/c1-16-11-12-20(22(30-16)37-25(28)29)31-23(34)27(19-10-5-4-9-18(19)17-7-6-8-17)14-32(15-27)21(33)13-26(2,3)24(35)36/h4-5,9-12,17,25H,6-8,13-15H2,1-3H3,(H,31,34)(H,35,36). The van der Waals surface area contributed by atoms with Gasteiger partial charge in [0.15, 0.2) is 0 Å². The Kier molecular flexibility index (Phi) is 7.21. The molecule has 2 heterocycles. The highest BCUT2D eigenvalue weighted by Gasteiger charge is 2.54. The molecule has 2 aliphatic rings. The van der Waals surface area contributed by atoms with Gasteiger partial charge in [-0.2, -0.15) is 8.78 Å². The monoisotopic (exact) mass is 515 g/mol. The van der Waals surface area contributed by atoms with Crippen LogP contribution in [0.1, 0.15) is 62.3 Å². The number of nitrogens with one attached hydrogen (secondary N) is 1. The summed E-state index contributed by atoms with van der Waals surface area (Å²) in [4.78, 5) is 43.8. The number of likely N-dealkylation sites (tertiary alicyclic amines) is 1. The molecule has 0 radical (unpaired) electrons. The summed E-state index contributed by atoms with van der Waals surface area (Å²) in [5, 5.41) is 12.1. The molecule has 8 nitrogen and oxygen atoms in total. The van der Waals surface area contributed by atoms with E-state index in [1.807, 2.05) is 24.3 Å². The van der Waals surface area contributed by atoms with Gasteiger partial charge in [-0.3, -0.25) is 14.4 Å². The van der Waals surface area contributed by atoms with Crippen LogP contribution in [0.15, 0.2) is 36.4 Å². The minimum Gasteiger partial charge on any atom is -0.481 e. The van der Waals surface area contributed by atoms with E-state index in [4.69, 9.17) is 0 Å². The molecular formula is C27H31F2N3O5. The molecular weight excluding hydrogens is 484 g/mol. The molecule has 2 fully saturated rings. The lowest BCUT2D eigenvalue weighted by molar-refractivity contribution is -0.155. The molecule has 1 aromatic heterocycles. The number of nitrogens with zero attached hydrogens (tertiary/aromatic N) is 2. The highest BCUT2D eigenvalue weighted by Crippen LogP contribution is 2.45. The average Bonchev–Trinajstić information content (AvgIpc) is 2.74. The number of rotatable bonds is 9. The van der Waals surface area contributed by atoms with Gasteiger partial charge >= 0.3 is 12.6 Å². The number of anilines is 1. The summed E-state index contributed by atoms with van der Waals surface area (Å²) in [6.45, 7) is 1.55. The van der Waals surface area contributed by atoms with E-state index in [0.29, 0.717) is 11.6 Å². The van der Waals surface area contributed by atoms with Crippen molar-refractivity contribution in [3.8, 4) is 5.88 Å². The first-order chi connectivity index (χ1) is 17.4. The third-order valence-electron chi connectivity index (χ3n) is 7.35. The number of carboxylic acids is 1. The lowest BCUT2D eigenvalue weighted by atomic mass is 9.66. The molecule has 37 heavy (non-hydrogen) atoms. The van der Waals surface area contributed by atoms with E-state index < -0.39 is 29.3 Å². The minimum atomic E-state index is -3.12. The Balaban J connectivity index is 1.66. The number of alkyl halides is 2. The Morgan fingerprint density at radius 1 is 1.19 bits per heavy atom. The first kappa shape index (κ1) is 26.5. The number of hydrogen-bond donors (Lipinski definition) is 2. The predicted molar refractivity (Wildman–Crippen MR) is 132 cm³/mol. The maximum atomic E-state index is 13.9. The molecule has 10 heteroatoms. The molecule has 4 rings (SSSR count). The fraction of sp³-hybridized carbons (Fsp3) is 0.481. The van der Waals surface area contributed by atoms with Crippen molar-refractivity contribution in [3.63, 3.8) is 0 Å². The van der Waals surface area contributed by atoms with Gasteiger partial charge in [0.25, 0.3) is 0 Å². The molecule has 0 atom stereocenters. The van der Waals surface area contributed by atoms with Gasteiger partial charge in [-0.15, -0.1) is 0 Å². The van der Waals surface area contributed by atoms with Crippen LogP contribution in [0.4, 0.5) is 14.5 Å². The molecule has 1 aliphatic heterocycles. The SMILES string of the molecule is Cc1ccc(NC(=O)C2(c3ccccc3C3CCC3)CN(C(=O)CC(C)(C)C(=O)O)C2)c(OC(F)F)n1. The van der Waals surface area contributed by atoms with Gasteiger partial charge in [0.05, 0.1) is 5.41 Å². The topological polar surface area (TPSA) is 109 Å². The Morgan fingerprint density at radius 2 is 1.86 bits per heavy atom. The summed E-state index contributed by atoms with van der Waals surface area (Å²) in [7, 11) is 0. The van der Waals surface area contributed by atoms with Gasteiger partial charge in [-0.25, -0.2) is 4.98 Å². The minimum absolute atomic E-state index is 0.00758. The van der Waals surface area contributed by atoms with Crippen LogP contribution in [0.5, 0.6) is 5.88 Å². The predicted octanol–water partition coefficient (Wildman–Crippen LogP) is 4.48. The van der Waals surface area contributed by atoms with Crippen LogP contribution >= 0.6 is 0 Å². The fourth-order valence-electron chi connectivity index (χ4n) is 4.84. The molecule has 0 bridgehead atoms. The first-order valence-electron chi connectivity index (χ1n) is 12.3. The molecule has 0 spiro atoms. The number of aromatic nitrogens is 1. The zero-order valence-corrected chi connectivity index (χ0v) is 21.1. The normalized spacial score (nSPS) is 17.1. The lowest BCUT2D eigenvalue weighted by Gasteiger charge is -2.51. The van der Waals surface area contributed by atoms with Crippen LogP contribution in [0.3, 0.4) is 0 Å². The Labute approximate surface area is 214 Å². The zero-order chi connectivity index (χ0) is 27.0. The quantitative estimate of drug-likeness (QED) is 0.510. The van der Waals surface area contributed by atoms with Crippen molar-refractivity contribution in [1.82, 2.24) is 9.88 Å². The van der Waals surface area contributed by atoms with E-state index in [-0.39, 0.29) is 37.0 Å². The van der Waals surface area contributed by atoms with Gasteiger partial charge in [-0.1, -0.05) is 30.7 Å². The summed E-state index contributed by atoms with van der Waals surface area (Å²) in [6, 6.07) is 10.7. The van der Waals surface area contributed by atoms with Crippen molar-refractivity contribution in [3.05, 3.63) is 53.2 Å². The molecule has 2 N–H and O–H groups in total. The highest BCUT2D eigenvalue weighted by atomic mass is 19.3. The summed E-state index contributed by atoms with van der Waals surface area (Å²) < 4.78 is 30.6. The van der Waals surface area contributed by atoms with Gasteiger partial charge in [0, 0.05) is 25.2 Å². The summed E-state index contributed by atoms with van der Waals surface area (Å²) in [5.74, 6) is -2.00. The lowest BCUT2D eigenvalue weighted by Crippen LogP contribution is -2.67. The summed E-state index contributed by atoms with van der Waals surface area (Å²) in [6.07, 6.45) is 2.88. The smallest absolute Gasteiger partial charge is 0.388 e. The van der Waals surface area contributed by atoms with Gasteiger partial charge in [0.2, 0.25) is 17.7 Å². The van der Waals surface area contributed by atoms with Crippen LogP contribution in [0.2, 0.25) is 0 Å². The number of amides is 2. The van der Waals surface area contributed by atoms with Crippen molar-refractivity contribution in [2.45, 2.75) is 64.4 Å². The second kappa shape index (κ2) is 10.1. The van der Waals surface area contributed by atoms with Crippen molar-refractivity contribution < 1.29 is 33.0 Å². The van der Waals surface area contributed by atoms with Crippen LogP contribution < -0.4 is 10.1 Å². The number of carbonyl (C=O) groups is 3. The van der Waals surface area contributed by atoms with E-state index in [1.165, 1.54) is 24.8 Å². The van der Waals surface area contributed by atoms with E-state index in [1.54, 1.807) is 13.0 Å². The van der Waals surface area contributed by atoms with Gasteiger partial charge < -0.3 is 20.1 Å². The molecule has 1 saturated heterocycles. The van der Waals surface area contributed by atoms with Crippen LogP contribution in [-0.2, 0) is 19.8 Å². The fourth-order valence-corrected chi connectivity index (χ4v) is 4.84. The van der Waals surface area contributed by atoms with Crippen LogP contribution in [0.25, 0.3) is 0 Å². The molecule has 1 saturated carbocycles. The maximum Gasteiger partial charge on any atom is 0.388 e. The molecule has 2 amide bonds. The second-order valence-electron chi connectivity index (χ2n) is 10.6. The van der Waals surface area contributed by atoms with Crippen molar-refractivity contribution in [2.24, 2.45) is 5.41 Å². The molecule has 1 aliphatic carbocycles. The summed E-state index contributed by atoms with van der Waals surface area (Å²) >= 11 is 0.